The standard InChI is InChI=1S/C21H21N5O3/c1-4-16-23-17(5-2)25-21(24-16)22-11-26-19(27)13-8-6-7-12-15(29-3)10-9-14(18(12)13)20(26)28/h6-10H,4-5,11H2,1-3H3,(H,22,23,24,25). The van der Waals surface area contributed by atoms with Crippen molar-refractivity contribution in [1.82, 2.24) is 19.9 Å². The first-order chi connectivity index (χ1) is 14.1. The number of rotatable bonds is 6. The minimum atomic E-state index is -0.366. The molecule has 8 nitrogen and oxygen atoms in total. The van der Waals surface area contributed by atoms with Crippen molar-refractivity contribution in [2.24, 2.45) is 0 Å². The van der Waals surface area contributed by atoms with Gasteiger partial charge in [0.2, 0.25) is 5.95 Å². The van der Waals surface area contributed by atoms with E-state index in [0.717, 1.165) is 5.39 Å². The lowest BCUT2D eigenvalue weighted by atomic mass is 9.94. The molecule has 0 saturated heterocycles. The molecule has 0 aliphatic carbocycles. The minimum absolute atomic E-state index is 0.0319. The fourth-order valence-corrected chi connectivity index (χ4v) is 3.45. The third kappa shape index (κ3) is 3.16. The number of nitrogens with zero attached hydrogens (tertiary/aromatic N) is 4. The molecule has 3 aromatic rings. The van der Waals surface area contributed by atoms with Crippen molar-refractivity contribution in [3.8, 4) is 5.75 Å². The first kappa shape index (κ1) is 18.8. The van der Waals surface area contributed by atoms with Crippen molar-refractivity contribution < 1.29 is 14.3 Å². The first-order valence-electron chi connectivity index (χ1n) is 9.51. The van der Waals surface area contributed by atoms with Gasteiger partial charge in [-0.3, -0.25) is 14.5 Å². The van der Waals surface area contributed by atoms with E-state index < -0.39 is 0 Å². The lowest BCUT2D eigenvalue weighted by Gasteiger charge is -2.27. The summed E-state index contributed by atoms with van der Waals surface area (Å²) in [6.07, 6.45) is 1.34. The summed E-state index contributed by atoms with van der Waals surface area (Å²) >= 11 is 0. The zero-order chi connectivity index (χ0) is 20.5. The summed E-state index contributed by atoms with van der Waals surface area (Å²) in [5, 5.41) is 4.38. The molecule has 8 heteroatoms. The highest BCUT2D eigenvalue weighted by atomic mass is 16.5. The summed E-state index contributed by atoms with van der Waals surface area (Å²) in [5.74, 6) is 1.58. The van der Waals surface area contributed by atoms with Crippen LogP contribution in [0.2, 0.25) is 0 Å². The molecule has 0 fully saturated rings. The number of carbonyl (C=O) groups is 2. The monoisotopic (exact) mass is 391 g/mol. The Kier molecular flexibility index (Phi) is 4.84. The van der Waals surface area contributed by atoms with E-state index in [2.05, 4.69) is 20.3 Å². The van der Waals surface area contributed by atoms with Crippen molar-refractivity contribution in [3.05, 3.63) is 53.1 Å². The van der Waals surface area contributed by atoms with Gasteiger partial charge in [0.05, 0.1) is 7.11 Å². The van der Waals surface area contributed by atoms with E-state index in [4.69, 9.17) is 4.74 Å². The number of carbonyl (C=O) groups excluding carboxylic acids is 2. The molecule has 0 bridgehead atoms. The highest BCUT2D eigenvalue weighted by Crippen LogP contribution is 2.35. The van der Waals surface area contributed by atoms with E-state index >= 15 is 0 Å². The van der Waals surface area contributed by atoms with E-state index in [-0.39, 0.29) is 18.5 Å². The van der Waals surface area contributed by atoms with E-state index in [1.165, 1.54) is 4.90 Å². The number of amides is 2. The normalized spacial score (nSPS) is 13.1. The number of anilines is 1. The lowest BCUT2D eigenvalue weighted by Crippen LogP contribution is -2.43. The van der Waals surface area contributed by atoms with E-state index in [1.807, 2.05) is 19.9 Å². The van der Waals surface area contributed by atoms with Crippen LogP contribution in [-0.2, 0) is 12.8 Å². The molecule has 29 heavy (non-hydrogen) atoms. The highest BCUT2D eigenvalue weighted by Gasteiger charge is 2.33. The number of aryl methyl sites for hydroxylation is 2. The molecule has 1 N–H and O–H groups in total. The predicted molar refractivity (Wildman–Crippen MR) is 108 cm³/mol. The van der Waals surface area contributed by atoms with E-state index in [9.17, 15) is 9.59 Å². The van der Waals surface area contributed by atoms with Gasteiger partial charge in [0, 0.05) is 34.7 Å². The molecule has 1 aliphatic rings. The number of methoxy groups -OCH3 is 1. The SMILES string of the molecule is CCc1nc(CC)nc(NCN2C(=O)c3cccc4c(OC)ccc(c34)C2=O)n1. The van der Waals surface area contributed by atoms with Gasteiger partial charge >= 0.3 is 0 Å². The van der Waals surface area contributed by atoms with E-state index in [0.29, 0.717) is 52.7 Å². The van der Waals surface area contributed by atoms with Crippen LogP contribution in [0.3, 0.4) is 0 Å². The highest BCUT2D eigenvalue weighted by molar-refractivity contribution is 6.26. The maximum absolute atomic E-state index is 13.1. The lowest BCUT2D eigenvalue weighted by molar-refractivity contribution is 0.0622. The van der Waals surface area contributed by atoms with Gasteiger partial charge in [-0.25, -0.2) is 4.98 Å². The Labute approximate surface area is 167 Å². The van der Waals surface area contributed by atoms with Crippen molar-refractivity contribution in [1.29, 1.82) is 0 Å². The van der Waals surface area contributed by atoms with Crippen LogP contribution in [0.5, 0.6) is 5.75 Å². The smallest absolute Gasteiger partial charge is 0.262 e. The first-order valence-corrected chi connectivity index (χ1v) is 9.51. The van der Waals surface area contributed by atoms with Crippen LogP contribution >= 0.6 is 0 Å². The zero-order valence-electron chi connectivity index (χ0n) is 16.5. The Bertz CT molecular complexity index is 1080. The van der Waals surface area contributed by atoms with Crippen molar-refractivity contribution in [3.63, 3.8) is 0 Å². The summed E-state index contributed by atoms with van der Waals surface area (Å²) in [6, 6.07) is 8.79. The number of ether oxygens (including phenoxy) is 1. The Hall–Kier alpha value is -3.55. The molecule has 2 heterocycles. The van der Waals surface area contributed by atoms with Gasteiger partial charge < -0.3 is 10.1 Å². The van der Waals surface area contributed by atoms with Crippen molar-refractivity contribution in [2.45, 2.75) is 26.7 Å². The molecule has 0 spiro atoms. The molecule has 1 aromatic heterocycles. The predicted octanol–water partition coefficient (Wildman–Crippen LogP) is 2.82. The number of benzene rings is 2. The van der Waals surface area contributed by atoms with Crippen LogP contribution in [0.1, 0.15) is 46.2 Å². The minimum Gasteiger partial charge on any atom is -0.496 e. The Morgan fingerprint density at radius 2 is 1.59 bits per heavy atom. The Morgan fingerprint density at radius 1 is 0.931 bits per heavy atom. The number of nitrogens with one attached hydrogen (secondary N) is 1. The maximum Gasteiger partial charge on any atom is 0.262 e. The van der Waals surface area contributed by atoms with Gasteiger partial charge in [-0.05, 0) is 18.2 Å². The van der Waals surface area contributed by atoms with Gasteiger partial charge in [0.15, 0.2) is 0 Å². The fraction of sp³-hybridized carbons (Fsp3) is 0.286. The van der Waals surface area contributed by atoms with Crippen LogP contribution in [-0.4, -0.2) is 45.4 Å². The van der Waals surface area contributed by atoms with Crippen molar-refractivity contribution >= 4 is 28.5 Å². The Balaban J connectivity index is 1.67. The number of imide groups is 1. The quantitative estimate of drug-likeness (QED) is 0.645. The molecule has 4 rings (SSSR count). The van der Waals surface area contributed by atoms with Gasteiger partial charge in [0.25, 0.3) is 11.8 Å². The van der Waals surface area contributed by atoms with Crippen LogP contribution < -0.4 is 10.1 Å². The summed E-state index contributed by atoms with van der Waals surface area (Å²) in [6.45, 7) is 3.89. The van der Waals surface area contributed by atoms with Gasteiger partial charge in [-0.2, -0.15) is 9.97 Å². The zero-order valence-corrected chi connectivity index (χ0v) is 16.5. The molecule has 0 unspecified atom stereocenters. The average molecular weight is 391 g/mol. The fourth-order valence-electron chi connectivity index (χ4n) is 3.45. The second kappa shape index (κ2) is 7.46. The molecular formula is C21H21N5O3. The molecule has 0 atom stereocenters. The molecule has 0 saturated carbocycles. The van der Waals surface area contributed by atoms with Crippen LogP contribution in [0.4, 0.5) is 5.95 Å². The molecule has 2 amide bonds. The number of hydrogen-bond acceptors (Lipinski definition) is 7. The van der Waals surface area contributed by atoms with Crippen LogP contribution in [0.15, 0.2) is 30.3 Å². The summed E-state index contributed by atoms with van der Waals surface area (Å²) in [7, 11) is 1.57. The topological polar surface area (TPSA) is 97.3 Å². The third-order valence-corrected chi connectivity index (χ3v) is 4.93. The maximum atomic E-state index is 13.1. The second-order valence-electron chi connectivity index (χ2n) is 6.62. The summed E-state index contributed by atoms with van der Waals surface area (Å²) < 4.78 is 5.38. The summed E-state index contributed by atoms with van der Waals surface area (Å²) in [4.78, 5) is 40.3. The van der Waals surface area contributed by atoms with Gasteiger partial charge in [-0.15, -0.1) is 0 Å². The van der Waals surface area contributed by atoms with Crippen molar-refractivity contribution in [2.75, 3.05) is 19.1 Å². The average Bonchev–Trinajstić information content (AvgIpc) is 2.76. The number of aromatic nitrogens is 3. The van der Waals surface area contributed by atoms with Crippen LogP contribution in [0, 0.1) is 0 Å². The number of hydrogen-bond donors (Lipinski definition) is 1. The van der Waals surface area contributed by atoms with E-state index in [1.54, 1.807) is 31.4 Å². The third-order valence-electron chi connectivity index (χ3n) is 4.93. The summed E-state index contributed by atoms with van der Waals surface area (Å²) in [5.41, 5.74) is 0.939. The van der Waals surface area contributed by atoms with Crippen LogP contribution in [0.25, 0.3) is 10.8 Å². The molecule has 148 valence electrons. The molecule has 1 aliphatic heterocycles. The molecular weight excluding hydrogens is 370 g/mol. The van der Waals surface area contributed by atoms with Gasteiger partial charge in [-0.1, -0.05) is 26.0 Å². The molecule has 2 aromatic carbocycles. The second-order valence-corrected chi connectivity index (χ2v) is 6.62. The largest absolute Gasteiger partial charge is 0.496 e. The Morgan fingerprint density at radius 3 is 2.21 bits per heavy atom. The van der Waals surface area contributed by atoms with Gasteiger partial charge in [0.1, 0.15) is 24.1 Å². The molecule has 0 radical (unpaired) electrons.